The molecule has 1 amide bonds. The second-order valence-corrected chi connectivity index (χ2v) is 6.80. The molecule has 1 heterocycles. The summed E-state index contributed by atoms with van der Waals surface area (Å²) in [5.41, 5.74) is 0.694. The maximum absolute atomic E-state index is 13.6. The monoisotopic (exact) mass is 396 g/mol. The topological polar surface area (TPSA) is 77.4 Å². The van der Waals surface area contributed by atoms with Crippen LogP contribution in [0.2, 0.25) is 0 Å². The molecule has 0 bridgehead atoms. The Morgan fingerprint density at radius 2 is 1.83 bits per heavy atom. The molecule has 3 aromatic rings. The Hall–Kier alpha value is -3.48. The van der Waals surface area contributed by atoms with Crippen molar-refractivity contribution in [1.29, 1.82) is 0 Å². The zero-order chi connectivity index (χ0) is 21.1. The SMILES string of the molecule is CCn1cc(C(=O)Nc2ccc(C(=O)OC(C)C)cc2)c(=O)c2cc(F)ccc21. The normalized spacial score (nSPS) is 10.9. The molecule has 0 radical (unpaired) electrons. The van der Waals surface area contributed by atoms with Gasteiger partial charge >= 0.3 is 5.97 Å². The van der Waals surface area contributed by atoms with E-state index in [-0.39, 0.29) is 17.1 Å². The zero-order valence-electron chi connectivity index (χ0n) is 16.4. The van der Waals surface area contributed by atoms with Crippen molar-refractivity contribution in [3.05, 3.63) is 75.8 Å². The summed E-state index contributed by atoms with van der Waals surface area (Å²) in [5.74, 6) is -1.61. The van der Waals surface area contributed by atoms with Gasteiger partial charge in [0.2, 0.25) is 5.43 Å². The van der Waals surface area contributed by atoms with Gasteiger partial charge in [0.25, 0.3) is 5.91 Å². The smallest absolute Gasteiger partial charge is 0.338 e. The van der Waals surface area contributed by atoms with Crippen molar-refractivity contribution in [2.75, 3.05) is 5.32 Å². The number of aryl methyl sites for hydroxylation is 1. The minimum Gasteiger partial charge on any atom is -0.459 e. The first-order valence-electron chi connectivity index (χ1n) is 9.25. The molecule has 0 saturated carbocycles. The number of amides is 1. The Labute approximate surface area is 166 Å². The fourth-order valence-electron chi connectivity index (χ4n) is 2.96. The van der Waals surface area contributed by atoms with Gasteiger partial charge in [-0.05, 0) is 63.2 Å². The Morgan fingerprint density at radius 1 is 1.14 bits per heavy atom. The van der Waals surface area contributed by atoms with Crippen LogP contribution in [0.3, 0.4) is 0 Å². The Bertz CT molecular complexity index is 1130. The van der Waals surface area contributed by atoms with Crippen molar-refractivity contribution in [3.8, 4) is 0 Å². The first-order valence-corrected chi connectivity index (χ1v) is 9.25. The Balaban J connectivity index is 1.89. The van der Waals surface area contributed by atoms with Crippen molar-refractivity contribution in [1.82, 2.24) is 4.57 Å². The van der Waals surface area contributed by atoms with Gasteiger partial charge in [0.1, 0.15) is 11.4 Å². The van der Waals surface area contributed by atoms with Gasteiger partial charge < -0.3 is 14.6 Å². The van der Waals surface area contributed by atoms with E-state index < -0.39 is 23.1 Å². The Kier molecular flexibility index (Phi) is 5.77. The number of anilines is 1. The highest BCUT2D eigenvalue weighted by molar-refractivity contribution is 6.06. The van der Waals surface area contributed by atoms with Gasteiger partial charge in [-0.3, -0.25) is 9.59 Å². The highest BCUT2D eigenvalue weighted by Gasteiger charge is 2.16. The average molecular weight is 396 g/mol. The van der Waals surface area contributed by atoms with E-state index in [1.165, 1.54) is 30.5 Å². The van der Waals surface area contributed by atoms with Crippen molar-refractivity contribution in [2.24, 2.45) is 0 Å². The van der Waals surface area contributed by atoms with E-state index in [0.717, 1.165) is 6.07 Å². The maximum atomic E-state index is 13.6. The molecule has 0 fully saturated rings. The summed E-state index contributed by atoms with van der Waals surface area (Å²) in [4.78, 5) is 37.3. The van der Waals surface area contributed by atoms with Crippen LogP contribution in [-0.4, -0.2) is 22.5 Å². The molecular weight excluding hydrogens is 375 g/mol. The number of nitrogens with one attached hydrogen (secondary N) is 1. The van der Waals surface area contributed by atoms with Crippen molar-refractivity contribution in [2.45, 2.75) is 33.4 Å². The van der Waals surface area contributed by atoms with E-state index in [0.29, 0.717) is 23.3 Å². The highest BCUT2D eigenvalue weighted by atomic mass is 19.1. The van der Waals surface area contributed by atoms with Crippen LogP contribution in [0.5, 0.6) is 0 Å². The molecule has 0 atom stereocenters. The number of ether oxygens (including phenoxy) is 1. The summed E-state index contributed by atoms with van der Waals surface area (Å²) in [7, 11) is 0. The third-order valence-electron chi connectivity index (χ3n) is 4.35. The molecule has 6 nitrogen and oxygen atoms in total. The number of hydrogen-bond acceptors (Lipinski definition) is 4. The maximum Gasteiger partial charge on any atom is 0.338 e. The fourth-order valence-corrected chi connectivity index (χ4v) is 2.96. The number of hydrogen-bond donors (Lipinski definition) is 1. The molecule has 0 saturated heterocycles. The zero-order valence-corrected chi connectivity index (χ0v) is 16.4. The molecule has 0 unspecified atom stereocenters. The van der Waals surface area contributed by atoms with E-state index >= 15 is 0 Å². The number of pyridine rings is 1. The molecule has 29 heavy (non-hydrogen) atoms. The molecule has 0 aliphatic rings. The van der Waals surface area contributed by atoms with Gasteiger partial charge in [-0.25, -0.2) is 9.18 Å². The summed E-state index contributed by atoms with van der Waals surface area (Å²) >= 11 is 0. The number of carbonyl (C=O) groups excluding carboxylic acids is 2. The summed E-state index contributed by atoms with van der Waals surface area (Å²) < 4.78 is 20.5. The van der Waals surface area contributed by atoms with E-state index in [4.69, 9.17) is 4.74 Å². The predicted molar refractivity (Wildman–Crippen MR) is 109 cm³/mol. The molecule has 1 aromatic heterocycles. The minimum absolute atomic E-state index is 0.0896. The van der Waals surface area contributed by atoms with Crippen LogP contribution in [0, 0.1) is 5.82 Å². The van der Waals surface area contributed by atoms with Crippen molar-refractivity contribution >= 4 is 28.5 Å². The third-order valence-corrected chi connectivity index (χ3v) is 4.35. The summed E-state index contributed by atoms with van der Waals surface area (Å²) in [6.07, 6.45) is 1.23. The van der Waals surface area contributed by atoms with Crippen molar-refractivity contribution < 1.29 is 18.7 Å². The molecule has 7 heteroatoms. The van der Waals surface area contributed by atoms with Crippen LogP contribution in [0.1, 0.15) is 41.5 Å². The van der Waals surface area contributed by atoms with Crippen LogP contribution in [0.25, 0.3) is 10.9 Å². The average Bonchev–Trinajstić information content (AvgIpc) is 2.68. The number of fused-ring (bicyclic) bond motifs is 1. The van der Waals surface area contributed by atoms with Crippen LogP contribution >= 0.6 is 0 Å². The van der Waals surface area contributed by atoms with E-state index in [1.54, 1.807) is 30.5 Å². The molecule has 3 rings (SSSR count). The van der Waals surface area contributed by atoms with Crippen LogP contribution in [-0.2, 0) is 11.3 Å². The van der Waals surface area contributed by atoms with E-state index in [1.807, 2.05) is 6.92 Å². The van der Waals surface area contributed by atoms with Crippen LogP contribution in [0.4, 0.5) is 10.1 Å². The largest absolute Gasteiger partial charge is 0.459 e. The molecule has 0 aliphatic heterocycles. The Morgan fingerprint density at radius 3 is 2.45 bits per heavy atom. The number of aromatic nitrogens is 1. The quantitative estimate of drug-likeness (QED) is 0.662. The molecule has 150 valence electrons. The number of halogens is 1. The van der Waals surface area contributed by atoms with Gasteiger partial charge in [0.15, 0.2) is 0 Å². The predicted octanol–water partition coefficient (Wildman–Crippen LogP) is 3.98. The van der Waals surface area contributed by atoms with Gasteiger partial charge in [0, 0.05) is 23.8 Å². The van der Waals surface area contributed by atoms with Gasteiger partial charge in [-0.15, -0.1) is 0 Å². The van der Waals surface area contributed by atoms with E-state index in [2.05, 4.69) is 5.32 Å². The molecular formula is C22H21FN2O4. The lowest BCUT2D eigenvalue weighted by molar-refractivity contribution is 0.0378. The number of benzene rings is 2. The summed E-state index contributed by atoms with van der Waals surface area (Å²) in [6, 6.07) is 10.1. The third kappa shape index (κ3) is 4.34. The van der Waals surface area contributed by atoms with Gasteiger partial charge in [0.05, 0.1) is 17.2 Å². The lowest BCUT2D eigenvalue weighted by Gasteiger charge is -2.12. The van der Waals surface area contributed by atoms with Crippen molar-refractivity contribution in [3.63, 3.8) is 0 Å². The van der Waals surface area contributed by atoms with Gasteiger partial charge in [-0.1, -0.05) is 0 Å². The number of carbonyl (C=O) groups is 2. The van der Waals surface area contributed by atoms with E-state index in [9.17, 15) is 18.8 Å². The number of nitrogens with zero attached hydrogens (tertiary/aromatic N) is 1. The minimum atomic E-state index is -0.610. The van der Waals surface area contributed by atoms with Crippen LogP contribution in [0.15, 0.2) is 53.5 Å². The molecule has 1 N–H and O–H groups in total. The highest BCUT2D eigenvalue weighted by Crippen LogP contribution is 2.16. The lowest BCUT2D eigenvalue weighted by atomic mass is 10.1. The molecule has 2 aromatic carbocycles. The second kappa shape index (κ2) is 8.26. The fraction of sp³-hybridized carbons (Fsp3) is 0.227. The summed E-state index contributed by atoms with van der Waals surface area (Å²) in [6.45, 7) is 5.88. The summed E-state index contributed by atoms with van der Waals surface area (Å²) in [5, 5.41) is 2.78. The van der Waals surface area contributed by atoms with Gasteiger partial charge in [-0.2, -0.15) is 0 Å². The molecule has 0 spiro atoms. The standard InChI is InChI=1S/C22H21FN2O4/c1-4-25-12-18(20(26)17-11-15(23)7-10-19(17)25)21(27)24-16-8-5-14(6-9-16)22(28)29-13(2)3/h5-13H,4H2,1-3H3,(H,24,27). The first kappa shape index (κ1) is 20.3. The second-order valence-electron chi connectivity index (χ2n) is 6.80. The lowest BCUT2D eigenvalue weighted by Crippen LogP contribution is -2.24. The first-order chi connectivity index (χ1) is 13.8. The van der Waals surface area contributed by atoms with Crippen LogP contribution < -0.4 is 10.7 Å². The number of rotatable bonds is 5. The number of esters is 1. The molecule has 0 aliphatic carbocycles.